The summed E-state index contributed by atoms with van der Waals surface area (Å²) in [5, 5.41) is 13.5. The molecule has 0 atom stereocenters. The zero-order valence-electron chi connectivity index (χ0n) is 15.3. The van der Waals surface area contributed by atoms with E-state index in [9.17, 15) is 4.79 Å². The number of aromatic nitrogens is 3. The fourth-order valence-corrected chi connectivity index (χ4v) is 3.24. The highest BCUT2D eigenvalue weighted by molar-refractivity contribution is 7.99. The number of thioether (sulfide) groups is 1. The van der Waals surface area contributed by atoms with Crippen molar-refractivity contribution in [1.82, 2.24) is 20.2 Å². The van der Waals surface area contributed by atoms with Crippen molar-refractivity contribution in [2.24, 2.45) is 12.1 Å². The number of benzene rings is 2. The fourth-order valence-electron chi connectivity index (χ4n) is 2.35. The molecule has 0 saturated carbocycles. The van der Waals surface area contributed by atoms with Crippen LogP contribution in [0.3, 0.4) is 0 Å². The van der Waals surface area contributed by atoms with Crippen LogP contribution in [0, 0.1) is 0 Å². The van der Waals surface area contributed by atoms with E-state index in [4.69, 9.17) is 16.3 Å². The van der Waals surface area contributed by atoms with Crippen LogP contribution < -0.4 is 10.2 Å². The lowest BCUT2D eigenvalue weighted by Crippen LogP contribution is -2.19. The molecule has 144 valence electrons. The molecule has 0 saturated heterocycles. The number of carbonyl (C=O) groups excluding carboxylic acids is 1. The Morgan fingerprint density at radius 2 is 2.07 bits per heavy atom. The summed E-state index contributed by atoms with van der Waals surface area (Å²) in [4.78, 5) is 12.0. The number of rotatable bonds is 7. The average Bonchev–Trinajstić information content (AvgIpc) is 3.07. The molecule has 0 fully saturated rings. The molecule has 0 unspecified atom stereocenters. The molecular formula is C19H18ClN5O2S. The van der Waals surface area contributed by atoms with E-state index in [-0.39, 0.29) is 11.7 Å². The lowest BCUT2D eigenvalue weighted by molar-refractivity contribution is -0.118. The Bertz CT molecular complexity index is 988. The molecular weight excluding hydrogens is 398 g/mol. The molecule has 2 aromatic carbocycles. The van der Waals surface area contributed by atoms with Crippen molar-refractivity contribution in [3.8, 4) is 17.1 Å². The second-order valence-corrected chi connectivity index (χ2v) is 7.11. The van der Waals surface area contributed by atoms with E-state index in [2.05, 4.69) is 20.7 Å². The van der Waals surface area contributed by atoms with Crippen LogP contribution in [0.1, 0.15) is 5.56 Å². The van der Waals surface area contributed by atoms with E-state index < -0.39 is 0 Å². The predicted octanol–water partition coefficient (Wildman–Crippen LogP) is 3.39. The highest BCUT2D eigenvalue weighted by atomic mass is 35.5. The molecule has 0 bridgehead atoms. The number of carbonyl (C=O) groups is 1. The molecule has 0 spiro atoms. The second kappa shape index (κ2) is 9.38. The minimum Gasteiger partial charge on any atom is -0.497 e. The molecule has 1 heterocycles. The van der Waals surface area contributed by atoms with Crippen LogP contribution in [-0.4, -0.2) is 39.7 Å². The standard InChI is InChI=1S/C19H18ClN5O2S/c1-25-18(14-4-3-5-15(20)10-14)23-24-19(25)28-12-17(26)22-21-11-13-6-8-16(27-2)9-7-13/h3-11H,12H2,1-2H3,(H,22,26)/b21-11-. The number of hydrogen-bond acceptors (Lipinski definition) is 6. The Morgan fingerprint density at radius 1 is 1.29 bits per heavy atom. The molecule has 3 aromatic rings. The van der Waals surface area contributed by atoms with Gasteiger partial charge in [0.2, 0.25) is 0 Å². The summed E-state index contributed by atoms with van der Waals surface area (Å²) in [6.07, 6.45) is 1.57. The summed E-state index contributed by atoms with van der Waals surface area (Å²) in [6.45, 7) is 0. The van der Waals surface area contributed by atoms with Gasteiger partial charge in [0.1, 0.15) is 5.75 Å². The van der Waals surface area contributed by atoms with Gasteiger partial charge in [-0.2, -0.15) is 5.10 Å². The van der Waals surface area contributed by atoms with Crippen LogP contribution in [0.15, 0.2) is 58.8 Å². The van der Waals surface area contributed by atoms with Gasteiger partial charge in [-0.1, -0.05) is 35.5 Å². The van der Waals surface area contributed by atoms with Crippen LogP contribution in [0.5, 0.6) is 5.75 Å². The smallest absolute Gasteiger partial charge is 0.250 e. The maximum Gasteiger partial charge on any atom is 0.250 e. The van der Waals surface area contributed by atoms with Crippen molar-refractivity contribution in [2.45, 2.75) is 5.16 Å². The van der Waals surface area contributed by atoms with Gasteiger partial charge < -0.3 is 9.30 Å². The van der Waals surface area contributed by atoms with Crippen LogP contribution in [0.2, 0.25) is 5.02 Å². The van der Waals surface area contributed by atoms with Crippen molar-refractivity contribution in [3.05, 3.63) is 59.1 Å². The zero-order chi connectivity index (χ0) is 19.9. The fraction of sp³-hybridized carbons (Fsp3) is 0.158. The minimum absolute atomic E-state index is 0.168. The Morgan fingerprint density at radius 3 is 2.79 bits per heavy atom. The van der Waals surface area contributed by atoms with Crippen molar-refractivity contribution in [1.29, 1.82) is 0 Å². The molecule has 0 radical (unpaired) electrons. The molecule has 3 rings (SSSR count). The van der Waals surface area contributed by atoms with E-state index in [1.165, 1.54) is 11.8 Å². The Kier molecular flexibility index (Phi) is 6.67. The van der Waals surface area contributed by atoms with Crippen molar-refractivity contribution in [3.63, 3.8) is 0 Å². The number of nitrogens with one attached hydrogen (secondary N) is 1. The van der Waals surface area contributed by atoms with Crippen molar-refractivity contribution >= 4 is 35.5 Å². The normalized spacial score (nSPS) is 11.0. The number of amides is 1. The van der Waals surface area contributed by atoms with Crippen molar-refractivity contribution < 1.29 is 9.53 Å². The summed E-state index contributed by atoms with van der Waals surface area (Å²) in [7, 11) is 3.45. The van der Waals surface area contributed by atoms with Crippen LogP contribution in [-0.2, 0) is 11.8 Å². The molecule has 1 aromatic heterocycles. The lowest BCUT2D eigenvalue weighted by atomic mass is 10.2. The maximum absolute atomic E-state index is 12.0. The summed E-state index contributed by atoms with van der Waals surface area (Å²) >= 11 is 7.31. The summed E-state index contributed by atoms with van der Waals surface area (Å²) in [5.41, 5.74) is 4.22. The van der Waals surface area contributed by atoms with Gasteiger partial charge in [-0.3, -0.25) is 4.79 Å². The first kappa shape index (κ1) is 19.9. The molecule has 28 heavy (non-hydrogen) atoms. The second-order valence-electron chi connectivity index (χ2n) is 5.73. The van der Waals surface area contributed by atoms with E-state index in [0.29, 0.717) is 16.0 Å². The first-order valence-electron chi connectivity index (χ1n) is 8.31. The molecule has 7 nitrogen and oxygen atoms in total. The van der Waals surface area contributed by atoms with Gasteiger partial charge in [0.05, 0.1) is 19.1 Å². The Hall–Kier alpha value is -2.84. The molecule has 1 N–H and O–H groups in total. The third-order valence-corrected chi connectivity index (χ3v) is 5.02. The van der Waals surface area contributed by atoms with E-state index in [1.54, 1.807) is 19.4 Å². The monoisotopic (exact) mass is 415 g/mol. The van der Waals surface area contributed by atoms with Gasteiger partial charge in [-0.15, -0.1) is 10.2 Å². The highest BCUT2D eigenvalue weighted by Crippen LogP contribution is 2.24. The molecule has 0 aliphatic carbocycles. The van der Waals surface area contributed by atoms with Crippen LogP contribution in [0.4, 0.5) is 0 Å². The first-order chi connectivity index (χ1) is 13.6. The van der Waals surface area contributed by atoms with Crippen molar-refractivity contribution in [2.75, 3.05) is 12.9 Å². The van der Waals surface area contributed by atoms with E-state index in [1.807, 2.05) is 54.1 Å². The molecule has 1 amide bonds. The largest absolute Gasteiger partial charge is 0.497 e. The molecule has 9 heteroatoms. The Labute approximate surface area is 171 Å². The minimum atomic E-state index is -0.234. The van der Waals surface area contributed by atoms with Gasteiger partial charge in [0, 0.05) is 17.6 Å². The molecule has 0 aliphatic heterocycles. The Balaban J connectivity index is 1.54. The first-order valence-corrected chi connectivity index (χ1v) is 9.67. The summed E-state index contributed by atoms with van der Waals surface area (Å²) in [5.74, 6) is 1.38. The third kappa shape index (κ3) is 5.11. The van der Waals surface area contributed by atoms with Gasteiger partial charge in [0.15, 0.2) is 11.0 Å². The average molecular weight is 416 g/mol. The van der Waals surface area contributed by atoms with Crippen LogP contribution in [0.25, 0.3) is 11.4 Å². The quantitative estimate of drug-likeness (QED) is 0.363. The van der Waals surface area contributed by atoms with E-state index >= 15 is 0 Å². The predicted molar refractivity (Wildman–Crippen MR) is 111 cm³/mol. The van der Waals surface area contributed by atoms with Gasteiger partial charge >= 0.3 is 0 Å². The zero-order valence-corrected chi connectivity index (χ0v) is 16.9. The number of methoxy groups -OCH3 is 1. The number of hydrogen-bond donors (Lipinski definition) is 1. The molecule has 0 aliphatic rings. The maximum atomic E-state index is 12.0. The topological polar surface area (TPSA) is 81.4 Å². The van der Waals surface area contributed by atoms with Gasteiger partial charge in [-0.25, -0.2) is 5.43 Å². The van der Waals surface area contributed by atoms with E-state index in [0.717, 1.165) is 16.9 Å². The van der Waals surface area contributed by atoms with Gasteiger partial charge in [-0.05, 0) is 42.0 Å². The summed E-state index contributed by atoms with van der Waals surface area (Å²) < 4.78 is 6.92. The number of nitrogens with zero attached hydrogens (tertiary/aromatic N) is 4. The number of ether oxygens (including phenoxy) is 1. The SMILES string of the molecule is COc1ccc(/C=N\NC(=O)CSc2nnc(-c3cccc(Cl)c3)n2C)cc1. The van der Waals surface area contributed by atoms with Crippen LogP contribution >= 0.6 is 23.4 Å². The van der Waals surface area contributed by atoms with Gasteiger partial charge in [0.25, 0.3) is 5.91 Å². The highest BCUT2D eigenvalue weighted by Gasteiger charge is 2.13. The number of halogens is 1. The lowest BCUT2D eigenvalue weighted by Gasteiger charge is -2.04. The number of hydrazone groups is 1. The third-order valence-electron chi connectivity index (χ3n) is 3.77. The summed E-state index contributed by atoms with van der Waals surface area (Å²) in [6, 6.07) is 14.7.